The summed E-state index contributed by atoms with van der Waals surface area (Å²) in [4.78, 5) is 8.84. The molecular formula is C18H14N4. The van der Waals surface area contributed by atoms with E-state index in [1.54, 1.807) is 10.8 Å². The number of hydrogen-bond donors (Lipinski definition) is 0. The molecule has 0 radical (unpaired) electrons. The molecule has 0 N–H and O–H groups in total. The lowest BCUT2D eigenvalue weighted by atomic mass is 9.99. The van der Waals surface area contributed by atoms with E-state index >= 15 is 0 Å². The maximum Gasteiger partial charge on any atom is 0.155 e. The fourth-order valence-corrected chi connectivity index (χ4v) is 2.64. The molecule has 4 nitrogen and oxygen atoms in total. The van der Waals surface area contributed by atoms with Crippen LogP contribution in [-0.4, -0.2) is 19.6 Å². The molecule has 0 fully saturated rings. The number of benzene rings is 1. The van der Waals surface area contributed by atoms with Crippen LogP contribution in [0.25, 0.3) is 28.0 Å². The third-order valence-corrected chi connectivity index (χ3v) is 3.69. The van der Waals surface area contributed by atoms with Gasteiger partial charge in [0.2, 0.25) is 0 Å². The second-order valence-corrected chi connectivity index (χ2v) is 5.25. The molecule has 0 unspecified atom stereocenters. The smallest absolute Gasteiger partial charge is 0.155 e. The number of hydrogen-bond acceptors (Lipinski definition) is 3. The van der Waals surface area contributed by atoms with Crippen molar-refractivity contribution in [3.05, 3.63) is 72.8 Å². The highest BCUT2D eigenvalue weighted by atomic mass is 15.3. The summed E-state index contributed by atoms with van der Waals surface area (Å²) >= 11 is 0. The van der Waals surface area contributed by atoms with E-state index in [1.165, 1.54) is 5.56 Å². The fraction of sp³-hybridized carbons (Fsp3) is 0.0556. The van der Waals surface area contributed by atoms with Crippen molar-refractivity contribution in [1.82, 2.24) is 19.6 Å². The van der Waals surface area contributed by atoms with Crippen molar-refractivity contribution in [3.8, 4) is 22.4 Å². The monoisotopic (exact) mass is 286 g/mol. The molecule has 3 aromatic heterocycles. The van der Waals surface area contributed by atoms with E-state index in [2.05, 4.69) is 52.3 Å². The maximum atomic E-state index is 4.59. The van der Waals surface area contributed by atoms with E-state index in [0.29, 0.717) is 0 Å². The van der Waals surface area contributed by atoms with Crippen molar-refractivity contribution in [2.45, 2.75) is 6.92 Å². The predicted molar refractivity (Wildman–Crippen MR) is 86.4 cm³/mol. The Kier molecular flexibility index (Phi) is 2.93. The van der Waals surface area contributed by atoms with Crippen LogP contribution in [0.2, 0.25) is 0 Å². The number of rotatable bonds is 2. The predicted octanol–water partition coefficient (Wildman–Crippen LogP) is 3.77. The average molecular weight is 286 g/mol. The van der Waals surface area contributed by atoms with E-state index in [-0.39, 0.29) is 0 Å². The van der Waals surface area contributed by atoms with Crippen LogP contribution in [0.1, 0.15) is 5.56 Å². The molecule has 22 heavy (non-hydrogen) atoms. The Morgan fingerprint density at radius 1 is 0.909 bits per heavy atom. The number of fused-ring (bicyclic) bond motifs is 1. The minimum Gasteiger partial charge on any atom is -0.256 e. The van der Waals surface area contributed by atoms with Gasteiger partial charge in [-0.05, 0) is 36.8 Å². The Hall–Kier alpha value is -3.01. The molecule has 0 bridgehead atoms. The van der Waals surface area contributed by atoms with E-state index < -0.39 is 0 Å². The number of aromatic nitrogens is 4. The SMILES string of the molecule is Cc1cccc(-c2ncccc2-c2ccn3ncnc3c2)c1. The normalized spacial score (nSPS) is 11.0. The Morgan fingerprint density at radius 2 is 1.86 bits per heavy atom. The van der Waals surface area contributed by atoms with Crippen molar-refractivity contribution in [2.75, 3.05) is 0 Å². The lowest BCUT2D eigenvalue weighted by Gasteiger charge is -2.09. The number of pyridine rings is 2. The van der Waals surface area contributed by atoms with Gasteiger partial charge in [-0.3, -0.25) is 4.98 Å². The van der Waals surface area contributed by atoms with Gasteiger partial charge in [-0.25, -0.2) is 9.50 Å². The van der Waals surface area contributed by atoms with Gasteiger partial charge >= 0.3 is 0 Å². The zero-order chi connectivity index (χ0) is 14.9. The van der Waals surface area contributed by atoms with Crippen molar-refractivity contribution < 1.29 is 0 Å². The van der Waals surface area contributed by atoms with Crippen LogP contribution in [0, 0.1) is 6.92 Å². The Morgan fingerprint density at radius 3 is 2.77 bits per heavy atom. The molecule has 0 aliphatic heterocycles. The number of nitrogens with zero attached hydrogens (tertiary/aromatic N) is 4. The minimum atomic E-state index is 0.830. The van der Waals surface area contributed by atoms with Gasteiger partial charge in [0.1, 0.15) is 6.33 Å². The number of aryl methyl sites for hydroxylation is 1. The van der Waals surface area contributed by atoms with Gasteiger partial charge in [-0.15, -0.1) is 0 Å². The highest BCUT2D eigenvalue weighted by molar-refractivity contribution is 5.81. The third kappa shape index (κ3) is 2.15. The molecule has 106 valence electrons. The summed E-state index contributed by atoms with van der Waals surface area (Å²) in [5, 5.41) is 4.14. The van der Waals surface area contributed by atoms with Crippen molar-refractivity contribution >= 4 is 5.65 Å². The molecule has 0 saturated heterocycles. The van der Waals surface area contributed by atoms with Gasteiger partial charge in [-0.2, -0.15) is 5.10 Å². The van der Waals surface area contributed by atoms with E-state index in [4.69, 9.17) is 0 Å². The average Bonchev–Trinajstić information content (AvgIpc) is 3.02. The zero-order valence-corrected chi connectivity index (χ0v) is 12.1. The highest BCUT2D eigenvalue weighted by Crippen LogP contribution is 2.30. The van der Waals surface area contributed by atoms with E-state index in [0.717, 1.165) is 28.0 Å². The van der Waals surface area contributed by atoms with Crippen molar-refractivity contribution in [3.63, 3.8) is 0 Å². The largest absolute Gasteiger partial charge is 0.256 e. The van der Waals surface area contributed by atoms with E-state index in [1.807, 2.05) is 30.6 Å². The van der Waals surface area contributed by atoms with Crippen LogP contribution in [0.5, 0.6) is 0 Å². The van der Waals surface area contributed by atoms with Gasteiger partial charge in [0.05, 0.1) is 5.69 Å². The quantitative estimate of drug-likeness (QED) is 0.563. The van der Waals surface area contributed by atoms with Crippen molar-refractivity contribution in [1.29, 1.82) is 0 Å². The van der Waals surface area contributed by atoms with Crippen LogP contribution in [-0.2, 0) is 0 Å². The maximum absolute atomic E-state index is 4.59. The van der Waals surface area contributed by atoms with Gasteiger partial charge < -0.3 is 0 Å². The standard InChI is InChI=1S/C18H14N4/c1-13-4-2-5-15(10-13)18-16(6-3-8-19-18)14-7-9-22-17(11-14)20-12-21-22/h2-12H,1H3. The second kappa shape index (κ2) is 5.07. The first kappa shape index (κ1) is 12.7. The zero-order valence-electron chi connectivity index (χ0n) is 12.1. The Labute approximate surface area is 128 Å². The molecule has 4 aromatic rings. The lowest BCUT2D eigenvalue weighted by molar-refractivity contribution is 0.962. The molecule has 0 saturated carbocycles. The molecular weight excluding hydrogens is 272 g/mol. The topological polar surface area (TPSA) is 43.1 Å². The van der Waals surface area contributed by atoms with Crippen molar-refractivity contribution in [2.24, 2.45) is 0 Å². The summed E-state index contributed by atoms with van der Waals surface area (Å²) in [7, 11) is 0. The summed E-state index contributed by atoms with van der Waals surface area (Å²) in [6.45, 7) is 2.09. The second-order valence-electron chi connectivity index (χ2n) is 5.25. The summed E-state index contributed by atoms with van der Waals surface area (Å²) < 4.78 is 1.76. The fourth-order valence-electron chi connectivity index (χ4n) is 2.64. The van der Waals surface area contributed by atoms with Gasteiger partial charge in [0.15, 0.2) is 5.65 Å². The van der Waals surface area contributed by atoms with Crippen LogP contribution in [0.15, 0.2) is 67.3 Å². The first-order valence-electron chi connectivity index (χ1n) is 7.13. The molecule has 0 spiro atoms. The highest BCUT2D eigenvalue weighted by Gasteiger charge is 2.09. The molecule has 3 heterocycles. The summed E-state index contributed by atoms with van der Waals surface area (Å²) in [6, 6.07) is 16.5. The van der Waals surface area contributed by atoms with Gasteiger partial charge in [0.25, 0.3) is 0 Å². The molecule has 0 atom stereocenters. The Bertz CT molecular complexity index is 956. The molecule has 0 aliphatic carbocycles. The summed E-state index contributed by atoms with van der Waals surface area (Å²) in [5.41, 5.74) is 6.34. The Balaban J connectivity index is 1.92. The van der Waals surface area contributed by atoms with Crippen LogP contribution in [0.4, 0.5) is 0 Å². The molecule has 4 heteroatoms. The van der Waals surface area contributed by atoms with E-state index in [9.17, 15) is 0 Å². The summed E-state index contributed by atoms with van der Waals surface area (Å²) in [5.74, 6) is 0. The summed E-state index contributed by atoms with van der Waals surface area (Å²) in [6.07, 6.45) is 5.31. The first-order valence-corrected chi connectivity index (χ1v) is 7.13. The third-order valence-electron chi connectivity index (χ3n) is 3.69. The molecule has 0 aliphatic rings. The molecule has 4 rings (SSSR count). The lowest BCUT2D eigenvalue weighted by Crippen LogP contribution is -1.92. The molecule has 0 amide bonds. The first-order chi connectivity index (χ1) is 10.8. The molecule has 1 aromatic carbocycles. The van der Waals surface area contributed by atoms with Crippen LogP contribution in [0.3, 0.4) is 0 Å². The van der Waals surface area contributed by atoms with Gasteiger partial charge in [0, 0.05) is 23.5 Å². The van der Waals surface area contributed by atoms with Gasteiger partial charge in [-0.1, -0.05) is 29.8 Å². The minimum absolute atomic E-state index is 0.830. The van der Waals surface area contributed by atoms with Crippen LogP contribution < -0.4 is 0 Å². The van der Waals surface area contributed by atoms with Crippen LogP contribution >= 0.6 is 0 Å².